The van der Waals surface area contributed by atoms with Gasteiger partial charge in [-0.15, -0.1) is 0 Å². The highest BCUT2D eigenvalue weighted by Gasteiger charge is 2.21. The van der Waals surface area contributed by atoms with E-state index < -0.39 is 0 Å². The van der Waals surface area contributed by atoms with Gasteiger partial charge in [0.05, 0.1) is 6.61 Å². The number of ether oxygens (including phenoxy) is 1. The van der Waals surface area contributed by atoms with Crippen molar-refractivity contribution in [3.05, 3.63) is 65.2 Å². The second-order valence-electron chi connectivity index (χ2n) is 8.46. The number of hydrogen-bond donors (Lipinski definition) is 0. The van der Waals surface area contributed by atoms with Crippen LogP contribution in [0.15, 0.2) is 48.5 Å². The monoisotopic (exact) mass is 388 g/mol. The van der Waals surface area contributed by atoms with E-state index in [1.54, 1.807) is 0 Å². The highest BCUT2D eigenvalue weighted by molar-refractivity contribution is 5.45. The normalized spacial score (nSPS) is 18.7. The van der Waals surface area contributed by atoms with Crippen LogP contribution in [0, 0.1) is 17.8 Å². The molecule has 0 amide bonds. The van der Waals surface area contributed by atoms with E-state index in [2.05, 4.69) is 50.0 Å². The summed E-state index contributed by atoms with van der Waals surface area (Å²) in [5, 5.41) is 0. The minimum atomic E-state index is 0.745. The first-order valence-corrected chi connectivity index (χ1v) is 11.6. The summed E-state index contributed by atoms with van der Waals surface area (Å²) in [6, 6.07) is 17.0. The lowest BCUT2D eigenvalue weighted by molar-refractivity contribution is 0.303. The van der Waals surface area contributed by atoms with Crippen molar-refractivity contribution in [1.82, 2.24) is 0 Å². The van der Waals surface area contributed by atoms with E-state index in [9.17, 15) is 0 Å². The van der Waals surface area contributed by atoms with E-state index in [0.717, 1.165) is 41.7 Å². The summed E-state index contributed by atoms with van der Waals surface area (Å²) in [4.78, 5) is 0. The Morgan fingerprint density at radius 2 is 1.38 bits per heavy atom. The molecule has 2 aromatic rings. The zero-order chi connectivity index (χ0) is 20.3. The third-order valence-corrected chi connectivity index (χ3v) is 6.12. The Kier molecular flexibility index (Phi) is 8.69. The minimum Gasteiger partial charge on any atom is -0.494 e. The van der Waals surface area contributed by atoms with Crippen molar-refractivity contribution in [2.24, 2.45) is 5.92 Å². The zero-order valence-electron chi connectivity index (χ0n) is 18.3. The number of hydrogen-bond acceptors (Lipinski definition) is 1. The van der Waals surface area contributed by atoms with Crippen molar-refractivity contribution in [1.29, 1.82) is 0 Å². The van der Waals surface area contributed by atoms with Crippen molar-refractivity contribution < 1.29 is 4.74 Å². The summed E-state index contributed by atoms with van der Waals surface area (Å²) < 4.78 is 5.63. The van der Waals surface area contributed by atoms with Crippen LogP contribution in [0.1, 0.15) is 94.2 Å². The topological polar surface area (TPSA) is 9.23 Å². The number of rotatable bonds is 8. The van der Waals surface area contributed by atoms with Crippen molar-refractivity contribution in [2.75, 3.05) is 6.61 Å². The van der Waals surface area contributed by atoms with Crippen LogP contribution in [0.2, 0.25) is 0 Å². The standard InChI is InChI=1S/C28H36O/c1-3-5-6-7-23-10-16-26(17-11-23)27-18-12-24(13-19-27)8-9-25-14-20-28(21-15-25)29-22-4-2/h12-15,18-21,23,26H,3-7,10-11,16-17,22H2,1-2H3/t23-,26-. The molecule has 2 aromatic carbocycles. The fourth-order valence-corrected chi connectivity index (χ4v) is 4.30. The molecule has 29 heavy (non-hydrogen) atoms. The highest BCUT2D eigenvalue weighted by atomic mass is 16.5. The molecule has 1 aliphatic rings. The molecule has 0 aromatic heterocycles. The molecule has 0 N–H and O–H groups in total. The van der Waals surface area contributed by atoms with Gasteiger partial charge >= 0.3 is 0 Å². The van der Waals surface area contributed by atoms with E-state index in [0.29, 0.717) is 0 Å². The second-order valence-corrected chi connectivity index (χ2v) is 8.46. The minimum absolute atomic E-state index is 0.745. The van der Waals surface area contributed by atoms with Gasteiger partial charge in [0, 0.05) is 11.1 Å². The molecule has 1 nitrogen and oxygen atoms in total. The highest BCUT2D eigenvalue weighted by Crippen LogP contribution is 2.37. The molecule has 0 saturated heterocycles. The summed E-state index contributed by atoms with van der Waals surface area (Å²) in [6.07, 6.45) is 12.2. The smallest absolute Gasteiger partial charge is 0.119 e. The van der Waals surface area contributed by atoms with Crippen LogP contribution in [-0.4, -0.2) is 6.61 Å². The summed E-state index contributed by atoms with van der Waals surface area (Å²) in [7, 11) is 0. The maximum Gasteiger partial charge on any atom is 0.119 e. The first-order valence-electron chi connectivity index (χ1n) is 11.6. The molecular weight excluding hydrogens is 352 g/mol. The van der Waals surface area contributed by atoms with Crippen molar-refractivity contribution in [3.8, 4) is 17.6 Å². The molecule has 0 aliphatic heterocycles. The average Bonchev–Trinajstić information content (AvgIpc) is 2.78. The molecule has 3 rings (SSSR count). The van der Waals surface area contributed by atoms with Gasteiger partial charge in [-0.1, -0.05) is 63.5 Å². The van der Waals surface area contributed by atoms with Gasteiger partial charge in [-0.2, -0.15) is 0 Å². The first-order chi connectivity index (χ1) is 14.3. The lowest BCUT2D eigenvalue weighted by Gasteiger charge is -2.29. The van der Waals surface area contributed by atoms with Crippen LogP contribution in [0.3, 0.4) is 0 Å². The van der Waals surface area contributed by atoms with Crippen molar-refractivity contribution >= 4 is 0 Å². The third kappa shape index (κ3) is 6.97. The van der Waals surface area contributed by atoms with E-state index in [1.165, 1.54) is 56.9 Å². The molecule has 0 bridgehead atoms. The van der Waals surface area contributed by atoms with E-state index in [1.807, 2.05) is 24.3 Å². The average molecular weight is 389 g/mol. The molecule has 1 saturated carbocycles. The van der Waals surface area contributed by atoms with Gasteiger partial charge in [0.2, 0.25) is 0 Å². The summed E-state index contributed by atoms with van der Waals surface area (Å²) in [6.45, 7) is 5.17. The van der Waals surface area contributed by atoms with Gasteiger partial charge in [-0.25, -0.2) is 0 Å². The maximum absolute atomic E-state index is 5.63. The Labute approximate surface area is 177 Å². The summed E-state index contributed by atoms with van der Waals surface area (Å²) >= 11 is 0. The summed E-state index contributed by atoms with van der Waals surface area (Å²) in [5.41, 5.74) is 3.62. The Bertz CT molecular complexity index is 768. The van der Waals surface area contributed by atoms with Crippen LogP contribution >= 0.6 is 0 Å². The number of unbranched alkanes of at least 4 members (excludes halogenated alkanes) is 2. The lowest BCUT2D eigenvalue weighted by atomic mass is 9.77. The van der Waals surface area contributed by atoms with Gasteiger partial charge in [0.25, 0.3) is 0 Å². The molecule has 1 fully saturated rings. The largest absolute Gasteiger partial charge is 0.494 e. The van der Waals surface area contributed by atoms with Crippen LogP contribution in [0.5, 0.6) is 5.75 Å². The SMILES string of the molecule is CCCCC[C@H]1CC[C@H](c2ccc(C#Cc3ccc(OCCC)cc3)cc2)CC1. The predicted octanol–water partition coefficient (Wildman–Crippen LogP) is 7.73. The maximum atomic E-state index is 5.63. The Balaban J connectivity index is 1.50. The quantitative estimate of drug-likeness (QED) is 0.332. The Morgan fingerprint density at radius 3 is 1.97 bits per heavy atom. The van der Waals surface area contributed by atoms with Crippen LogP contribution in [0.4, 0.5) is 0 Å². The van der Waals surface area contributed by atoms with Gasteiger partial charge in [-0.05, 0) is 85.9 Å². The van der Waals surface area contributed by atoms with E-state index >= 15 is 0 Å². The molecule has 1 aliphatic carbocycles. The lowest BCUT2D eigenvalue weighted by Crippen LogP contribution is -2.13. The molecular formula is C28H36O. The first kappa shape index (κ1) is 21.5. The van der Waals surface area contributed by atoms with Crippen LogP contribution < -0.4 is 4.74 Å². The molecule has 1 heteroatoms. The van der Waals surface area contributed by atoms with Gasteiger partial charge in [0.1, 0.15) is 5.75 Å². The second kappa shape index (κ2) is 11.7. The van der Waals surface area contributed by atoms with Crippen LogP contribution in [0.25, 0.3) is 0 Å². The van der Waals surface area contributed by atoms with Crippen molar-refractivity contribution in [3.63, 3.8) is 0 Å². The molecule has 0 radical (unpaired) electrons. The molecule has 0 atom stereocenters. The molecule has 0 heterocycles. The molecule has 0 spiro atoms. The Hall–Kier alpha value is -2.20. The van der Waals surface area contributed by atoms with Gasteiger partial charge < -0.3 is 4.74 Å². The fraction of sp³-hybridized carbons (Fsp3) is 0.500. The molecule has 0 unspecified atom stereocenters. The zero-order valence-corrected chi connectivity index (χ0v) is 18.3. The number of benzene rings is 2. The van der Waals surface area contributed by atoms with Crippen LogP contribution in [-0.2, 0) is 0 Å². The van der Waals surface area contributed by atoms with E-state index in [4.69, 9.17) is 4.74 Å². The summed E-state index contributed by atoms with van der Waals surface area (Å²) in [5.74, 6) is 9.20. The third-order valence-electron chi connectivity index (χ3n) is 6.12. The van der Waals surface area contributed by atoms with Crippen molar-refractivity contribution in [2.45, 2.75) is 77.6 Å². The van der Waals surface area contributed by atoms with Gasteiger partial charge in [0.15, 0.2) is 0 Å². The van der Waals surface area contributed by atoms with Gasteiger partial charge in [-0.3, -0.25) is 0 Å². The molecule has 154 valence electrons. The van der Waals surface area contributed by atoms with E-state index in [-0.39, 0.29) is 0 Å². The fourth-order valence-electron chi connectivity index (χ4n) is 4.30. The predicted molar refractivity (Wildman–Crippen MR) is 123 cm³/mol. The Morgan fingerprint density at radius 1 is 0.759 bits per heavy atom.